The molecule has 0 saturated heterocycles. The number of hydrogen-bond acceptors (Lipinski definition) is 4. The van der Waals surface area contributed by atoms with E-state index in [9.17, 15) is 18.4 Å². The highest BCUT2D eigenvalue weighted by molar-refractivity contribution is 7.90. The van der Waals surface area contributed by atoms with E-state index in [1.165, 1.54) is 24.3 Å². The minimum absolute atomic E-state index is 0.171. The van der Waals surface area contributed by atoms with E-state index in [1.807, 2.05) is 0 Å². The van der Waals surface area contributed by atoms with Gasteiger partial charge in [0.1, 0.15) is 0 Å². The number of anilines is 1. The van der Waals surface area contributed by atoms with Crippen molar-refractivity contribution in [1.29, 1.82) is 0 Å². The topological polar surface area (TPSA) is 86.7 Å². The summed E-state index contributed by atoms with van der Waals surface area (Å²) in [6, 6.07) is 4.69. The van der Waals surface area contributed by atoms with Crippen LogP contribution in [-0.4, -0.2) is 37.0 Å². The Morgan fingerprint density at radius 1 is 1.28 bits per heavy atom. The van der Waals surface area contributed by atoms with Gasteiger partial charge >= 0.3 is 6.03 Å². The predicted molar refractivity (Wildman–Crippen MR) is 67.3 cm³/mol. The van der Waals surface area contributed by atoms with E-state index in [-0.39, 0.29) is 10.9 Å². The van der Waals surface area contributed by atoms with Crippen LogP contribution >= 0.6 is 0 Å². The molecule has 0 atom stereocenters. The van der Waals surface area contributed by atoms with Gasteiger partial charge < -0.3 is 5.32 Å². The second-order valence-electron chi connectivity index (χ2n) is 4.17. The van der Waals surface area contributed by atoms with Crippen LogP contribution in [0.1, 0.15) is 13.8 Å². The molecule has 0 radical (unpaired) electrons. The fraction of sp³-hybridized carbons (Fsp3) is 0.364. The van der Waals surface area contributed by atoms with Gasteiger partial charge in [0.15, 0.2) is 9.84 Å². The minimum Gasteiger partial charge on any atom is -0.306 e. The van der Waals surface area contributed by atoms with Gasteiger partial charge in [0.05, 0.1) is 10.9 Å². The number of carbonyl (C=O) groups excluding carboxylic acids is 1. The molecule has 6 nitrogen and oxygen atoms in total. The molecule has 0 bridgehead atoms. The quantitative estimate of drug-likeness (QED) is 0.648. The smallest absolute Gasteiger partial charge is 0.306 e. The number of benzene rings is 1. The monoisotopic (exact) mass is 272 g/mol. The van der Waals surface area contributed by atoms with Crippen LogP contribution in [-0.2, 0) is 9.84 Å². The molecule has 0 aromatic heterocycles. The molecule has 0 aliphatic carbocycles. The standard InChI is InChI=1S/C11H16N2O4S/c1-8(2)13(15)11(14)12-9-4-6-10(7-5-9)18(3,16)17/h4-8,15H,1-3H3,(H,12,14). The van der Waals surface area contributed by atoms with Gasteiger partial charge in [-0.1, -0.05) is 0 Å². The van der Waals surface area contributed by atoms with Crippen LogP contribution < -0.4 is 5.32 Å². The lowest BCUT2D eigenvalue weighted by Crippen LogP contribution is -2.37. The molecule has 0 aliphatic rings. The Hall–Kier alpha value is -1.60. The Morgan fingerprint density at radius 3 is 2.17 bits per heavy atom. The lowest BCUT2D eigenvalue weighted by atomic mass is 10.3. The molecule has 1 aromatic rings. The second-order valence-corrected chi connectivity index (χ2v) is 6.18. The van der Waals surface area contributed by atoms with Gasteiger partial charge in [-0.25, -0.2) is 18.3 Å². The van der Waals surface area contributed by atoms with Gasteiger partial charge in [-0.15, -0.1) is 0 Å². The highest BCUT2D eigenvalue weighted by Crippen LogP contribution is 2.14. The number of nitrogens with zero attached hydrogens (tertiary/aromatic N) is 1. The SMILES string of the molecule is CC(C)N(O)C(=O)Nc1ccc(S(C)(=O)=O)cc1. The van der Waals surface area contributed by atoms with Crippen molar-refractivity contribution in [3.05, 3.63) is 24.3 Å². The summed E-state index contributed by atoms with van der Waals surface area (Å²) in [5.41, 5.74) is 0.409. The van der Waals surface area contributed by atoms with Gasteiger partial charge in [-0.2, -0.15) is 0 Å². The van der Waals surface area contributed by atoms with E-state index in [0.29, 0.717) is 10.8 Å². The lowest BCUT2D eigenvalue weighted by Gasteiger charge is -2.19. The highest BCUT2D eigenvalue weighted by Gasteiger charge is 2.14. The first-order chi connectivity index (χ1) is 8.21. The van der Waals surface area contributed by atoms with Gasteiger partial charge in [0, 0.05) is 11.9 Å². The number of nitrogens with one attached hydrogen (secondary N) is 1. The fourth-order valence-electron chi connectivity index (χ4n) is 1.20. The van der Waals surface area contributed by atoms with Crippen LogP contribution in [0.3, 0.4) is 0 Å². The third-order valence-corrected chi connectivity index (χ3v) is 3.36. The second kappa shape index (κ2) is 5.36. The van der Waals surface area contributed by atoms with Gasteiger partial charge in [-0.05, 0) is 38.1 Å². The van der Waals surface area contributed by atoms with Crippen molar-refractivity contribution < 1.29 is 18.4 Å². The molecule has 0 aliphatic heterocycles. The van der Waals surface area contributed by atoms with Crippen molar-refractivity contribution in [2.24, 2.45) is 0 Å². The van der Waals surface area contributed by atoms with E-state index in [4.69, 9.17) is 0 Å². The Balaban J connectivity index is 2.79. The summed E-state index contributed by atoms with van der Waals surface area (Å²) in [7, 11) is -3.25. The summed E-state index contributed by atoms with van der Waals surface area (Å²) in [6.07, 6.45) is 1.11. The van der Waals surface area contributed by atoms with Crippen LogP contribution in [0.25, 0.3) is 0 Å². The van der Waals surface area contributed by atoms with Crippen molar-refractivity contribution in [1.82, 2.24) is 5.06 Å². The Kier molecular flexibility index (Phi) is 4.31. The first kappa shape index (κ1) is 14.5. The normalized spacial score (nSPS) is 11.4. The Labute approximate surface area is 106 Å². The third-order valence-electron chi connectivity index (χ3n) is 2.23. The molecule has 0 fully saturated rings. The van der Waals surface area contributed by atoms with Crippen molar-refractivity contribution in [3.63, 3.8) is 0 Å². The molecule has 100 valence electrons. The molecular formula is C11H16N2O4S. The molecule has 18 heavy (non-hydrogen) atoms. The van der Waals surface area contributed by atoms with Crippen molar-refractivity contribution in [2.45, 2.75) is 24.8 Å². The summed E-state index contributed by atoms with van der Waals surface area (Å²) in [4.78, 5) is 11.7. The summed E-state index contributed by atoms with van der Waals surface area (Å²) < 4.78 is 22.5. The number of carbonyl (C=O) groups is 1. The number of hydroxylamine groups is 2. The molecule has 0 heterocycles. The predicted octanol–water partition coefficient (Wildman–Crippen LogP) is 1.72. The molecule has 1 rings (SSSR count). The average Bonchev–Trinajstić information content (AvgIpc) is 2.27. The minimum atomic E-state index is -3.25. The van der Waals surface area contributed by atoms with E-state index >= 15 is 0 Å². The van der Waals surface area contributed by atoms with Crippen LogP contribution in [0, 0.1) is 0 Å². The summed E-state index contributed by atoms with van der Waals surface area (Å²) in [6.45, 7) is 3.32. The Bertz CT molecular complexity index is 522. The van der Waals surface area contributed by atoms with Gasteiger partial charge in [-0.3, -0.25) is 5.21 Å². The van der Waals surface area contributed by atoms with Gasteiger partial charge in [0.25, 0.3) is 0 Å². The van der Waals surface area contributed by atoms with Crippen molar-refractivity contribution >= 4 is 21.6 Å². The maximum Gasteiger partial charge on any atom is 0.345 e. The fourth-order valence-corrected chi connectivity index (χ4v) is 1.83. The molecule has 0 saturated carbocycles. The average molecular weight is 272 g/mol. The van der Waals surface area contributed by atoms with Crippen LogP contribution in [0.5, 0.6) is 0 Å². The zero-order valence-electron chi connectivity index (χ0n) is 10.4. The number of rotatable bonds is 3. The lowest BCUT2D eigenvalue weighted by molar-refractivity contribution is -0.0622. The Morgan fingerprint density at radius 2 is 1.78 bits per heavy atom. The van der Waals surface area contributed by atoms with Gasteiger partial charge in [0.2, 0.25) is 0 Å². The van der Waals surface area contributed by atoms with E-state index < -0.39 is 15.9 Å². The van der Waals surface area contributed by atoms with Crippen LogP contribution in [0.2, 0.25) is 0 Å². The molecule has 2 amide bonds. The highest BCUT2D eigenvalue weighted by atomic mass is 32.2. The number of amides is 2. The maximum atomic E-state index is 11.5. The molecule has 2 N–H and O–H groups in total. The van der Waals surface area contributed by atoms with Crippen LogP contribution in [0.4, 0.5) is 10.5 Å². The van der Waals surface area contributed by atoms with Crippen LogP contribution in [0.15, 0.2) is 29.2 Å². The molecule has 7 heteroatoms. The molecule has 1 aromatic carbocycles. The summed E-state index contributed by atoms with van der Waals surface area (Å²) in [5.74, 6) is 0. The molecular weight excluding hydrogens is 256 g/mol. The number of urea groups is 1. The zero-order chi connectivity index (χ0) is 13.9. The maximum absolute atomic E-state index is 11.5. The summed E-state index contributed by atoms with van der Waals surface area (Å²) >= 11 is 0. The molecule has 0 spiro atoms. The van der Waals surface area contributed by atoms with Crippen molar-refractivity contribution in [3.8, 4) is 0 Å². The van der Waals surface area contributed by atoms with Crippen molar-refractivity contribution in [2.75, 3.05) is 11.6 Å². The van der Waals surface area contributed by atoms with E-state index in [0.717, 1.165) is 6.26 Å². The summed E-state index contributed by atoms with van der Waals surface area (Å²) in [5, 5.41) is 12.4. The zero-order valence-corrected chi connectivity index (χ0v) is 11.2. The van der Waals surface area contributed by atoms with E-state index in [1.54, 1.807) is 13.8 Å². The number of hydrogen-bond donors (Lipinski definition) is 2. The molecule has 0 unspecified atom stereocenters. The van der Waals surface area contributed by atoms with E-state index in [2.05, 4.69) is 5.32 Å². The number of sulfone groups is 1. The first-order valence-corrected chi connectivity index (χ1v) is 7.20. The largest absolute Gasteiger partial charge is 0.345 e. The third kappa shape index (κ3) is 3.71. The first-order valence-electron chi connectivity index (χ1n) is 5.31.